The van der Waals surface area contributed by atoms with Crippen molar-refractivity contribution < 1.29 is 9.59 Å². The number of hydrogen-bond acceptors (Lipinski definition) is 5. The number of benzene rings is 1. The molecular formula is C19H23N5O2. The van der Waals surface area contributed by atoms with Crippen molar-refractivity contribution in [3.8, 4) is 0 Å². The number of para-hydroxylation sites is 2. The number of likely N-dealkylation sites (N-methyl/N-ethyl adjacent to an activating group) is 1. The molecule has 0 saturated carbocycles. The number of rotatable bonds is 1. The standard InChI is InChI=1S/C19H23N5O2/c1-23-10-4-9-20-18(26)19(23)7-11-24(12-8-19)17(25)16-13-21-14-5-2-3-6-15(14)22-16/h2-3,5-6,13H,4,7-12H2,1H3,(H,20,26). The molecule has 4 rings (SSSR count). The van der Waals surface area contributed by atoms with Gasteiger partial charge in [-0.15, -0.1) is 0 Å². The Morgan fingerprint density at radius 1 is 1.15 bits per heavy atom. The normalized spacial score (nSPS) is 20.8. The molecule has 2 aliphatic rings. The van der Waals surface area contributed by atoms with Gasteiger partial charge in [-0.25, -0.2) is 4.98 Å². The lowest BCUT2D eigenvalue weighted by atomic mass is 9.85. The minimum Gasteiger partial charge on any atom is -0.354 e. The van der Waals surface area contributed by atoms with Gasteiger partial charge >= 0.3 is 0 Å². The summed E-state index contributed by atoms with van der Waals surface area (Å²) in [4.78, 5) is 38.2. The number of carbonyl (C=O) groups is 2. The summed E-state index contributed by atoms with van der Waals surface area (Å²) in [6, 6.07) is 7.52. The third-order valence-electron chi connectivity index (χ3n) is 5.65. The number of nitrogens with zero attached hydrogens (tertiary/aromatic N) is 4. The maximum absolute atomic E-state index is 12.9. The molecule has 7 heteroatoms. The third kappa shape index (κ3) is 2.82. The summed E-state index contributed by atoms with van der Waals surface area (Å²) in [7, 11) is 2.01. The van der Waals surface area contributed by atoms with Crippen molar-refractivity contribution in [1.29, 1.82) is 0 Å². The first-order valence-corrected chi connectivity index (χ1v) is 9.11. The third-order valence-corrected chi connectivity index (χ3v) is 5.65. The van der Waals surface area contributed by atoms with Crippen molar-refractivity contribution >= 4 is 22.8 Å². The molecule has 0 bridgehead atoms. The number of amides is 2. The highest BCUT2D eigenvalue weighted by Gasteiger charge is 2.46. The lowest BCUT2D eigenvalue weighted by Crippen LogP contribution is -2.61. The Morgan fingerprint density at radius 2 is 1.88 bits per heavy atom. The Labute approximate surface area is 152 Å². The van der Waals surface area contributed by atoms with E-state index in [0.717, 1.165) is 30.5 Å². The smallest absolute Gasteiger partial charge is 0.274 e. The fourth-order valence-corrected chi connectivity index (χ4v) is 3.98. The highest BCUT2D eigenvalue weighted by atomic mass is 16.2. The van der Waals surface area contributed by atoms with Crippen LogP contribution in [0, 0.1) is 0 Å². The molecule has 2 fully saturated rings. The molecule has 0 atom stereocenters. The fraction of sp³-hybridized carbons (Fsp3) is 0.474. The van der Waals surface area contributed by atoms with E-state index in [1.54, 1.807) is 11.1 Å². The molecule has 1 aromatic carbocycles. The molecule has 1 N–H and O–H groups in total. The zero-order valence-electron chi connectivity index (χ0n) is 14.9. The molecule has 26 heavy (non-hydrogen) atoms. The van der Waals surface area contributed by atoms with Gasteiger partial charge in [-0.1, -0.05) is 12.1 Å². The molecule has 1 spiro atoms. The average molecular weight is 353 g/mol. The summed E-state index contributed by atoms with van der Waals surface area (Å²) in [5, 5.41) is 3.02. The van der Waals surface area contributed by atoms with E-state index < -0.39 is 5.54 Å². The minimum atomic E-state index is -0.498. The number of likely N-dealkylation sites (tertiary alicyclic amines) is 1. The second-order valence-electron chi connectivity index (χ2n) is 7.10. The highest BCUT2D eigenvalue weighted by molar-refractivity contribution is 5.94. The highest BCUT2D eigenvalue weighted by Crippen LogP contribution is 2.30. The summed E-state index contributed by atoms with van der Waals surface area (Å²) >= 11 is 0. The molecule has 2 aliphatic heterocycles. The van der Waals surface area contributed by atoms with Crippen LogP contribution in [0.15, 0.2) is 30.5 Å². The molecule has 0 unspecified atom stereocenters. The number of hydrogen-bond donors (Lipinski definition) is 1. The van der Waals surface area contributed by atoms with Crippen LogP contribution in [0.2, 0.25) is 0 Å². The van der Waals surface area contributed by atoms with E-state index in [2.05, 4.69) is 20.2 Å². The van der Waals surface area contributed by atoms with Gasteiger partial charge in [0.2, 0.25) is 5.91 Å². The zero-order valence-corrected chi connectivity index (χ0v) is 14.9. The Morgan fingerprint density at radius 3 is 2.65 bits per heavy atom. The topological polar surface area (TPSA) is 78.4 Å². The number of carbonyl (C=O) groups excluding carboxylic acids is 2. The maximum Gasteiger partial charge on any atom is 0.274 e. The van der Waals surface area contributed by atoms with Gasteiger partial charge in [0.1, 0.15) is 11.2 Å². The van der Waals surface area contributed by atoms with E-state index in [-0.39, 0.29) is 11.8 Å². The molecule has 0 radical (unpaired) electrons. The monoisotopic (exact) mass is 353 g/mol. The van der Waals surface area contributed by atoms with Gasteiger partial charge < -0.3 is 10.2 Å². The van der Waals surface area contributed by atoms with Crippen molar-refractivity contribution in [2.45, 2.75) is 24.8 Å². The van der Waals surface area contributed by atoms with E-state index in [4.69, 9.17) is 0 Å². The van der Waals surface area contributed by atoms with Crippen LogP contribution < -0.4 is 5.32 Å². The molecular weight excluding hydrogens is 330 g/mol. The van der Waals surface area contributed by atoms with Crippen LogP contribution >= 0.6 is 0 Å². The Hall–Kier alpha value is -2.54. The van der Waals surface area contributed by atoms with Crippen molar-refractivity contribution in [2.24, 2.45) is 0 Å². The lowest BCUT2D eigenvalue weighted by molar-refractivity contribution is -0.134. The van der Waals surface area contributed by atoms with Crippen molar-refractivity contribution in [3.63, 3.8) is 0 Å². The summed E-state index contributed by atoms with van der Waals surface area (Å²) in [5.74, 6) is -0.0233. The fourth-order valence-electron chi connectivity index (χ4n) is 3.98. The van der Waals surface area contributed by atoms with Gasteiger partial charge in [-0.3, -0.25) is 19.5 Å². The number of piperidine rings is 1. The molecule has 0 aliphatic carbocycles. The van der Waals surface area contributed by atoms with Crippen molar-refractivity contribution in [2.75, 3.05) is 33.2 Å². The Bertz CT molecular complexity index is 845. The van der Waals surface area contributed by atoms with E-state index in [0.29, 0.717) is 31.6 Å². The lowest BCUT2D eigenvalue weighted by Gasteiger charge is -2.44. The van der Waals surface area contributed by atoms with E-state index in [9.17, 15) is 9.59 Å². The molecule has 2 aromatic rings. The maximum atomic E-state index is 12.9. The number of aromatic nitrogens is 2. The Kier molecular flexibility index (Phi) is 4.32. The Balaban J connectivity index is 1.51. The summed E-state index contributed by atoms with van der Waals surface area (Å²) < 4.78 is 0. The van der Waals surface area contributed by atoms with E-state index >= 15 is 0 Å². The van der Waals surface area contributed by atoms with Crippen LogP contribution in [0.25, 0.3) is 11.0 Å². The van der Waals surface area contributed by atoms with Gasteiger partial charge in [0.25, 0.3) is 5.91 Å². The number of fused-ring (bicyclic) bond motifs is 1. The summed E-state index contributed by atoms with van der Waals surface area (Å²) in [5.41, 5.74) is 1.36. The SMILES string of the molecule is CN1CCCNC(=O)C12CCN(C(=O)c1cnc3ccccc3n1)CC2. The quantitative estimate of drug-likeness (QED) is 0.829. The first-order valence-electron chi connectivity index (χ1n) is 9.11. The molecule has 2 amide bonds. The molecule has 136 valence electrons. The van der Waals surface area contributed by atoms with Crippen LogP contribution in [-0.2, 0) is 4.79 Å². The van der Waals surface area contributed by atoms with E-state index in [1.807, 2.05) is 31.3 Å². The van der Waals surface area contributed by atoms with Crippen LogP contribution in [0.3, 0.4) is 0 Å². The average Bonchev–Trinajstić information content (AvgIpc) is 2.82. The van der Waals surface area contributed by atoms with Gasteiger partial charge in [0.15, 0.2) is 0 Å². The largest absolute Gasteiger partial charge is 0.354 e. The minimum absolute atomic E-state index is 0.0927. The molecule has 1 aromatic heterocycles. The summed E-state index contributed by atoms with van der Waals surface area (Å²) in [6.45, 7) is 2.71. The second-order valence-corrected chi connectivity index (χ2v) is 7.10. The predicted octanol–water partition coefficient (Wildman–Crippen LogP) is 1.06. The second kappa shape index (κ2) is 6.64. The zero-order chi connectivity index (χ0) is 18.1. The number of nitrogens with one attached hydrogen (secondary N) is 1. The molecule has 7 nitrogen and oxygen atoms in total. The summed E-state index contributed by atoms with van der Waals surface area (Å²) in [6.07, 6.45) is 3.78. The van der Waals surface area contributed by atoms with Crippen LogP contribution in [0.1, 0.15) is 29.8 Å². The first-order chi connectivity index (χ1) is 12.6. The van der Waals surface area contributed by atoms with Crippen LogP contribution in [0.4, 0.5) is 0 Å². The van der Waals surface area contributed by atoms with Gasteiger partial charge in [-0.05, 0) is 38.4 Å². The van der Waals surface area contributed by atoms with Crippen LogP contribution in [-0.4, -0.2) is 70.3 Å². The van der Waals surface area contributed by atoms with E-state index in [1.165, 1.54) is 0 Å². The predicted molar refractivity (Wildman–Crippen MR) is 97.7 cm³/mol. The first kappa shape index (κ1) is 16.9. The van der Waals surface area contributed by atoms with Gasteiger partial charge in [0, 0.05) is 26.2 Å². The van der Waals surface area contributed by atoms with Crippen LogP contribution in [0.5, 0.6) is 0 Å². The molecule has 2 saturated heterocycles. The van der Waals surface area contributed by atoms with Crippen molar-refractivity contribution in [3.05, 3.63) is 36.2 Å². The molecule has 3 heterocycles. The van der Waals surface area contributed by atoms with Crippen molar-refractivity contribution in [1.82, 2.24) is 25.1 Å². The van der Waals surface area contributed by atoms with Gasteiger partial charge in [0.05, 0.1) is 17.2 Å². The van der Waals surface area contributed by atoms with Gasteiger partial charge in [-0.2, -0.15) is 0 Å².